The summed E-state index contributed by atoms with van der Waals surface area (Å²) in [6, 6.07) is 9.61. The molecule has 0 saturated heterocycles. The van der Waals surface area contributed by atoms with Gasteiger partial charge in [-0.05, 0) is 30.3 Å². The van der Waals surface area contributed by atoms with E-state index in [-0.39, 0.29) is 5.56 Å². The first kappa shape index (κ1) is 13.1. The standard InChI is InChI=1S/C15H12FN3O2/c16-13-5-4-10(7-12(13)15(20)21)17-8-11-9-19-6-2-1-3-14(19)18-11/h1-7,9,17H,8H2,(H,20,21). The first-order valence-electron chi connectivity index (χ1n) is 6.33. The Balaban J connectivity index is 1.78. The van der Waals surface area contributed by atoms with Gasteiger partial charge >= 0.3 is 5.97 Å². The average molecular weight is 285 g/mol. The topological polar surface area (TPSA) is 66.6 Å². The zero-order chi connectivity index (χ0) is 14.8. The number of imidazole rings is 1. The summed E-state index contributed by atoms with van der Waals surface area (Å²) in [7, 11) is 0. The number of nitrogens with zero attached hydrogens (tertiary/aromatic N) is 2. The molecule has 0 radical (unpaired) electrons. The van der Waals surface area contributed by atoms with E-state index in [0.717, 1.165) is 17.4 Å². The number of halogens is 1. The summed E-state index contributed by atoms with van der Waals surface area (Å²) in [6.07, 6.45) is 3.77. The minimum Gasteiger partial charge on any atom is -0.478 e. The van der Waals surface area contributed by atoms with Crippen LogP contribution in [0.2, 0.25) is 0 Å². The van der Waals surface area contributed by atoms with E-state index < -0.39 is 11.8 Å². The largest absolute Gasteiger partial charge is 0.478 e. The van der Waals surface area contributed by atoms with Crippen molar-refractivity contribution in [2.24, 2.45) is 0 Å². The lowest BCUT2D eigenvalue weighted by Gasteiger charge is -2.06. The number of pyridine rings is 1. The lowest BCUT2D eigenvalue weighted by atomic mass is 10.2. The Morgan fingerprint density at radius 1 is 1.33 bits per heavy atom. The molecule has 3 aromatic rings. The van der Waals surface area contributed by atoms with E-state index in [1.54, 1.807) is 0 Å². The van der Waals surface area contributed by atoms with Crippen LogP contribution in [0.15, 0.2) is 48.8 Å². The number of aromatic nitrogens is 2. The third-order valence-corrected chi connectivity index (χ3v) is 3.08. The molecule has 2 heterocycles. The maximum Gasteiger partial charge on any atom is 0.338 e. The second-order valence-corrected chi connectivity index (χ2v) is 4.55. The first-order valence-corrected chi connectivity index (χ1v) is 6.33. The van der Waals surface area contributed by atoms with Crippen LogP contribution < -0.4 is 5.32 Å². The second kappa shape index (κ2) is 5.24. The van der Waals surface area contributed by atoms with E-state index in [0.29, 0.717) is 12.2 Å². The third kappa shape index (κ3) is 2.69. The summed E-state index contributed by atoms with van der Waals surface area (Å²) in [6.45, 7) is 0.423. The van der Waals surface area contributed by atoms with E-state index in [4.69, 9.17) is 5.11 Å². The third-order valence-electron chi connectivity index (χ3n) is 3.08. The molecular weight excluding hydrogens is 273 g/mol. The smallest absolute Gasteiger partial charge is 0.338 e. The van der Waals surface area contributed by atoms with Gasteiger partial charge in [0.15, 0.2) is 0 Å². The molecular formula is C15H12FN3O2. The van der Waals surface area contributed by atoms with Gasteiger partial charge in [-0.1, -0.05) is 6.07 Å². The van der Waals surface area contributed by atoms with E-state index >= 15 is 0 Å². The van der Waals surface area contributed by atoms with Gasteiger partial charge in [0.2, 0.25) is 0 Å². The van der Waals surface area contributed by atoms with Crippen molar-refractivity contribution in [3.05, 3.63) is 65.9 Å². The Labute approximate surface area is 119 Å². The highest BCUT2D eigenvalue weighted by Crippen LogP contribution is 2.16. The Hall–Kier alpha value is -2.89. The van der Waals surface area contributed by atoms with E-state index in [1.165, 1.54) is 12.1 Å². The van der Waals surface area contributed by atoms with Crippen LogP contribution >= 0.6 is 0 Å². The molecule has 0 bridgehead atoms. The van der Waals surface area contributed by atoms with Gasteiger partial charge in [0.25, 0.3) is 0 Å². The molecule has 0 aliphatic carbocycles. The van der Waals surface area contributed by atoms with Gasteiger partial charge in [-0.15, -0.1) is 0 Å². The summed E-state index contributed by atoms with van der Waals surface area (Å²) < 4.78 is 15.2. The Kier molecular flexibility index (Phi) is 3.27. The number of nitrogens with one attached hydrogen (secondary N) is 1. The normalized spacial score (nSPS) is 10.7. The van der Waals surface area contributed by atoms with Gasteiger partial charge in [-0.3, -0.25) is 0 Å². The number of benzene rings is 1. The fourth-order valence-corrected chi connectivity index (χ4v) is 2.06. The summed E-state index contributed by atoms with van der Waals surface area (Å²) in [4.78, 5) is 15.3. The summed E-state index contributed by atoms with van der Waals surface area (Å²) in [5.74, 6) is -2.04. The Morgan fingerprint density at radius 3 is 2.95 bits per heavy atom. The van der Waals surface area contributed by atoms with Crippen molar-refractivity contribution in [3.63, 3.8) is 0 Å². The van der Waals surface area contributed by atoms with Crippen LogP contribution in [-0.4, -0.2) is 20.5 Å². The molecule has 6 heteroatoms. The number of hydrogen-bond donors (Lipinski definition) is 2. The molecule has 5 nitrogen and oxygen atoms in total. The highest BCUT2D eigenvalue weighted by molar-refractivity contribution is 5.89. The summed E-state index contributed by atoms with van der Waals surface area (Å²) in [5.41, 5.74) is 1.82. The zero-order valence-corrected chi connectivity index (χ0v) is 11.0. The monoisotopic (exact) mass is 285 g/mol. The number of rotatable bonds is 4. The lowest BCUT2D eigenvalue weighted by molar-refractivity contribution is 0.0692. The first-order chi connectivity index (χ1) is 10.1. The number of aromatic carboxylic acids is 1. The van der Waals surface area contributed by atoms with E-state index in [1.807, 2.05) is 35.0 Å². The fourth-order valence-electron chi connectivity index (χ4n) is 2.06. The van der Waals surface area contributed by atoms with E-state index in [9.17, 15) is 9.18 Å². The molecule has 0 amide bonds. The van der Waals surface area contributed by atoms with Gasteiger partial charge in [-0.25, -0.2) is 14.2 Å². The number of fused-ring (bicyclic) bond motifs is 1. The van der Waals surface area contributed by atoms with Crippen molar-refractivity contribution in [3.8, 4) is 0 Å². The zero-order valence-electron chi connectivity index (χ0n) is 11.0. The highest BCUT2D eigenvalue weighted by atomic mass is 19.1. The van der Waals surface area contributed by atoms with Crippen LogP contribution in [0, 0.1) is 5.82 Å². The SMILES string of the molecule is O=C(O)c1cc(NCc2cn3ccccc3n2)ccc1F. The molecule has 0 saturated carbocycles. The van der Waals surface area contributed by atoms with Gasteiger partial charge in [0.1, 0.15) is 11.5 Å². The van der Waals surface area contributed by atoms with Crippen LogP contribution in [0.5, 0.6) is 0 Å². The molecule has 0 aliphatic rings. The van der Waals surface area contributed by atoms with Crippen molar-refractivity contribution < 1.29 is 14.3 Å². The molecule has 0 aliphatic heterocycles. The van der Waals surface area contributed by atoms with Crippen molar-refractivity contribution in [2.75, 3.05) is 5.32 Å². The summed E-state index contributed by atoms with van der Waals surface area (Å²) in [5, 5.41) is 11.9. The molecule has 0 fully saturated rings. The van der Waals surface area contributed by atoms with Crippen LogP contribution in [-0.2, 0) is 6.54 Å². The van der Waals surface area contributed by atoms with Gasteiger partial charge < -0.3 is 14.8 Å². The van der Waals surface area contributed by atoms with Crippen LogP contribution in [0.4, 0.5) is 10.1 Å². The highest BCUT2D eigenvalue weighted by Gasteiger charge is 2.10. The Morgan fingerprint density at radius 2 is 2.19 bits per heavy atom. The van der Waals surface area contributed by atoms with Crippen molar-refractivity contribution in [1.29, 1.82) is 0 Å². The number of carboxylic acid groups (broad SMARTS) is 1. The van der Waals surface area contributed by atoms with Gasteiger partial charge in [0, 0.05) is 18.1 Å². The number of anilines is 1. The van der Waals surface area contributed by atoms with Crippen LogP contribution in [0.1, 0.15) is 16.1 Å². The maximum absolute atomic E-state index is 13.3. The molecule has 106 valence electrons. The molecule has 0 unspecified atom stereocenters. The quantitative estimate of drug-likeness (QED) is 0.773. The predicted molar refractivity (Wildman–Crippen MR) is 75.9 cm³/mol. The van der Waals surface area contributed by atoms with Crippen LogP contribution in [0.3, 0.4) is 0 Å². The van der Waals surface area contributed by atoms with Gasteiger partial charge in [0.05, 0.1) is 17.8 Å². The second-order valence-electron chi connectivity index (χ2n) is 4.55. The summed E-state index contributed by atoms with van der Waals surface area (Å²) >= 11 is 0. The lowest BCUT2D eigenvalue weighted by Crippen LogP contribution is -2.04. The maximum atomic E-state index is 13.3. The predicted octanol–water partition coefficient (Wildman–Crippen LogP) is 2.78. The number of hydrogen-bond acceptors (Lipinski definition) is 3. The Bertz CT molecular complexity index is 781. The van der Waals surface area contributed by atoms with Crippen molar-refractivity contribution in [2.45, 2.75) is 6.54 Å². The molecule has 2 N–H and O–H groups in total. The van der Waals surface area contributed by atoms with Crippen molar-refractivity contribution in [1.82, 2.24) is 9.38 Å². The molecule has 21 heavy (non-hydrogen) atoms. The minimum atomic E-state index is -1.29. The minimum absolute atomic E-state index is 0.352. The van der Waals surface area contributed by atoms with Crippen LogP contribution in [0.25, 0.3) is 5.65 Å². The number of carbonyl (C=O) groups is 1. The molecule has 0 atom stereocenters. The average Bonchev–Trinajstić information content (AvgIpc) is 2.89. The fraction of sp³-hybridized carbons (Fsp3) is 0.0667. The molecule has 2 aromatic heterocycles. The number of carboxylic acids is 1. The molecule has 1 aromatic carbocycles. The molecule has 0 spiro atoms. The van der Waals surface area contributed by atoms with Crippen molar-refractivity contribution >= 4 is 17.3 Å². The van der Waals surface area contributed by atoms with Gasteiger partial charge in [-0.2, -0.15) is 0 Å². The molecule has 3 rings (SSSR count). The van der Waals surface area contributed by atoms with E-state index in [2.05, 4.69) is 10.3 Å².